The number of aromatic amines is 1. The minimum absolute atomic E-state index is 0.452. The molecule has 0 aliphatic carbocycles. The Morgan fingerprint density at radius 1 is 1.33 bits per heavy atom. The molecule has 0 saturated carbocycles. The van der Waals surface area contributed by atoms with E-state index in [0.29, 0.717) is 12.1 Å². The minimum Gasteiger partial charge on any atom is -0.350 e. The maximum Gasteiger partial charge on any atom is 0.143 e. The van der Waals surface area contributed by atoms with Crippen LogP contribution in [0.25, 0.3) is 11.0 Å². The quantitative estimate of drug-likeness (QED) is 0.798. The lowest BCUT2D eigenvalue weighted by Crippen LogP contribution is -2.54. The fourth-order valence-corrected chi connectivity index (χ4v) is 2.63. The summed E-state index contributed by atoms with van der Waals surface area (Å²) in [6.07, 6.45) is 3.65. The van der Waals surface area contributed by atoms with E-state index >= 15 is 0 Å². The van der Waals surface area contributed by atoms with E-state index in [1.165, 1.54) is 5.56 Å². The van der Waals surface area contributed by atoms with Crippen LogP contribution >= 0.6 is 0 Å². The standard InChI is InChI=1S/C13H19N5/c1-8-4-15-12-11(8)13(17-7-16-12)18-6-9(2)14-5-10(18)3/h4,7,9-10,14H,5-6H2,1-3H3,(H,15,16,17)/t9-,10+/m0/s1. The summed E-state index contributed by atoms with van der Waals surface area (Å²) >= 11 is 0. The second-order valence-corrected chi connectivity index (χ2v) is 5.20. The molecule has 5 nitrogen and oxygen atoms in total. The highest BCUT2D eigenvalue weighted by molar-refractivity contribution is 5.90. The van der Waals surface area contributed by atoms with Crippen molar-refractivity contribution < 1.29 is 0 Å². The maximum atomic E-state index is 4.52. The summed E-state index contributed by atoms with van der Waals surface area (Å²) in [4.78, 5) is 14.4. The fraction of sp³-hybridized carbons (Fsp3) is 0.538. The van der Waals surface area contributed by atoms with Gasteiger partial charge in [-0.1, -0.05) is 0 Å². The molecule has 0 spiro atoms. The molecular formula is C13H19N5. The zero-order valence-electron chi connectivity index (χ0n) is 11.1. The van der Waals surface area contributed by atoms with Gasteiger partial charge in [0.25, 0.3) is 0 Å². The molecule has 1 saturated heterocycles. The summed E-state index contributed by atoms with van der Waals surface area (Å²) in [6, 6.07) is 0.944. The van der Waals surface area contributed by atoms with Gasteiger partial charge < -0.3 is 15.2 Å². The molecule has 96 valence electrons. The highest BCUT2D eigenvalue weighted by Gasteiger charge is 2.25. The minimum atomic E-state index is 0.452. The van der Waals surface area contributed by atoms with Crippen molar-refractivity contribution in [2.24, 2.45) is 0 Å². The van der Waals surface area contributed by atoms with Crippen LogP contribution in [0, 0.1) is 6.92 Å². The van der Waals surface area contributed by atoms with Gasteiger partial charge in [-0.3, -0.25) is 0 Å². The second-order valence-electron chi connectivity index (χ2n) is 5.20. The third-order valence-corrected chi connectivity index (χ3v) is 3.68. The van der Waals surface area contributed by atoms with Crippen LogP contribution < -0.4 is 10.2 Å². The topological polar surface area (TPSA) is 56.8 Å². The zero-order valence-corrected chi connectivity index (χ0v) is 11.1. The molecule has 18 heavy (non-hydrogen) atoms. The zero-order chi connectivity index (χ0) is 12.7. The predicted octanol–water partition coefficient (Wildman–Crippen LogP) is 1.45. The van der Waals surface area contributed by atoms with E-state index < -0.39 is 0 Å². The molecule has 2 N–H and O–H groups in total. The summed E-state index contributed by atoms with van der Waals surface area (Å²) in [6.45, 7) is 8.52. The van der Waals surface area contributed by atoms with Gasteiger partial charge in [0.05, 0.1) is 5.39 Å². The molecule has 1 aliphatic rings. The Hall–Kier alpha value is -1.62. The molecule has 0 bridgehead atoms. The Kier molecular flexibility index (Phi) is 2.70. The third kappa shape index (κ3) is 1.75. The smallest absolute Gasteiger partial charge is 0.143 e. The van der Waals surface area contributed by atoms with Crippen molar-refractivity contribution in [3.05, 3.63) is 18.1 Å². The van der Waals surface area contributed by atoms with Crippen LogP contribution in [0.5, 0.6) is 0 Å². The van der Waals surface area contributed by atoms with Crippen LogP contribution in [0.3, 0.4) is 0 Å². The van der Waals surface area contributed by atoms with Crippen molar-refractivity contribution in [3.8, 4) is 0 Å². The van der Waals surface area contributed by atoms with E-state index in [2.05, 4.69) is 45.9 Å². The fourth-order valence-electron chi connectivity index (χ4n) is 2.63. The summed E-state index contributed by atoms with van der Waals surface area (Å²) in [5, 5.41) is 4.65. The summed E-state index contributed by atoms with van der Waals surface area (Å²) in [5.41, 5.74) is 2.13. The van der Waals surface area contributed by atoms with E-state index in [1.807, 2.05) is 6.20 Å². The molecule has 0 radical (unpaired) electrons. The summed E-state index contributed by atoms with van der Waals surface area (Å²) < 4.78 is 0. The lowest BCUT2D eigenvalue weighted by atomic mass is 10.1. The van der Waals surface area contributed by atoms with Gasteiger partial charge in [0.2, 0.25) is 0 Å². The SMILES string of the molecule is Cc1c[nH]c2ncnc(N3C[C@H](C)NC[C@H]3C)c12. The number of nitrogens with one attached hydrogen (secondary N) is 2. The molecule has 3 heterocycles. The Bertz CT molecular complexity index is 562. The van der Waals surface area contributed by atoms with Crippen LogP contribution in [0.15, 0.2) is 12.5 Å². The first-order chi connectivity index (χ1) is 8.66. The van der Waals surface area contributed by atoms with Gasteiger partial charge in [-0.05, 0) is 26.3 Å². The van der Waals surface area contributed by atoms with Gasteiger partial charge in [0, 0.05) is 31.4 Å². The Morgan fingerprint density at radius 2 is 2.17 bits per heavy atom. The second kappa shape index (κ2) is 4.24. The van der Waals surface area contributed by atoms with Gasteiger partial charge in [-0.2, -0.15) is 0 Å². The van der Waals surface area contributed by atoms with Crippen molar-refractivity contribution in [1.82, 2.24) is 20.3 Å². The molecule has 0 amide bonds. The van der Waals surface area contributed by atoms with E-state index in [4.69, 9.17) is 0 Å². The molecule has 1 aliphatic heterocycles. The van der Waals surface area contributed by atoms with Crippen LogP contribution in [-0.2, 0) is 0 Å². The van der Waals surface area contributed by atoms with Crippen molar-refractivity contribution in [2.75, 3.05) is 18.0 Å². The Balaban J connectivity index is 2.10. The number of H-pyrrole nitrogens is 1. The maximum absolute atomic E-state index is 4.52. The first-order valence-corrected chi connectivity index (χ1v) is 6.45. The molecule has 2 aromatic rings. The number of aryl methyl sites for hydroxylation is 1. The van der Waals surface area contributed by atoms with Crippen LogP contribution in [0.1, 0.15) is 19.4 Å². The first-order valence-electron chi connectivity index (χ1n) is 6.45. The number of hydrogen-bond acceptors (Lipinski definition) is 4. The van der Waals surface area contributed by atoms with Crippen LogP contribution in [0.2, 0.25) is 0 Å². The van der Waals surface area contributed by atoms with Gasteiger partial charge >= 0.3 is 0 Å². The number of anilines is 1. The average molecular weight is 245 g/mol. The van der Waals surface area contributed by atoms with Crippen molar-refractivity contribution in [2.45, 2.75) is 32.9 Å². The number of fused-ring (bicyclic) bond motifs is 1. The average Bonchev–Trinajstić information content (AvgIpc) is 2.75. The van der Waals surface area contributed by atoms with Crippen molar-refractivity contribution in [1.29, 1.82) is 0 Å². The molecule has 1 fully saturated rings. The van der Waals surface area contributed by atoms with E-state index in [1.54, 1.807) is 6.33 Å². The van der Waals surface area contributed by atoms with Crippen molar-refractivity contribution in [3.63, 3.8) is 0 Å². The Labute approximate surface area is 107 Å². The molecule has 2 aromatic heterocycles. The van der Waals surface area contributed by atoms with E-state index in [0.717, 1.165) is 29.9 Å². The summed E-state index contributed by atoms with van der Waals surface area (Å²) in [7, 11) is 0. The molecule has 2 atom stereocenters. The van der Waals surface area contributed by atoms with E-state index in [-0.39, 0.29) is 0 Å². The molecular weight excluding hydrogens is 226 g/mol. The molecule has 0 unspecified atom stereocenters. The molecule has 3 rings (SSSR count). The van der Waals surface area contributed by atoms with Gasteiger partial charge in [-0.15, -0.1) is 0 Å². The van der Waals surface area contributed by atoms with Crippen molar-refractivity contribution >= 4 is 16.9 Å². The van der Waals surface area contributed by atoms with Gasteiger partial charge in [0.1, 0.15) is 17.8 Å². The first kappa shape index (κ1) is 11.5. The highest BCUT2D eigenvalue weighted by Crippen LogP contribution is 2.28. The lowest BCUT2D eigenvalue weighted by molar-refractivity contribution is 0.423. The normalized spacial score (nSPS) is 24.7. The molecule has 5 heteroatoms. The number of rotatable bonds is 1. The van der Waals surface area contributed by atoms with E-state index in [9.17, 15) is 0 Å². The number of hydrogen-bond donors (Lipinski definition) is 2. The third-order valence-electron chi connectivity index (χ3n) is 3.68. The number of piperazine rings is 1. The summed E-state index contributed by atoms with van der Waals surface area (Å²) in [5.74, 6) is 1.06. The number of aromatic nitrogens is 3. The van der Waals surface area contributed by atoms with Crippen LogP contribution in [0.4, 0.5) is 5.82 Å². The number of nitrogens with zero attached hydrogens (tertiary/aromatic N) is 3. The molecule has 0 aromatic carbocycles. The lowest BCUT2D eigenvalue weighted by Gasteiger charge is -2.38. The van der Waals surface area contributed by atoms with Gasteiger partial charge in [0.15, 0.2) is 0 Å². The predicted molar refractivity (Wildman–Crippen MR) is 72.9 cm³/mol. The highest BCUT2D eigenvalue weighted by atomic mass is 15.3. The monoisotopic (exact) mass is 245 g/mol. The largest absolute Gasteiger partial charge is 0.350 e. The van der Waals surface area contributed by atoms with Crippen LogP contribution in [-0.4, -0.2) is 40.1 Å². The van der Waals surface area contributed by atoms with Gasteiger partial charge in [-0.25, -0.2) is 9.97 Å². The Morgan fingerprint density at radius 3 is 3.00 bits per heavy atom.